The van der Waals surface area contributed by atoms with E-state index in [1.54, 1.807) is 0 Å². The van der Waals surface area contributed by atoms with Gasteiger partial charge in [0.05, 0.1) is 0 Å². The van der Waals surface area contributed by atoms with Crippen LogP contribution in [-0.2, 0) is 0 Å². The first kappa shape index (κ1) is 16.7. The van der Waals surface area contributed by atoms with E-state index < -0.39 is 0 Å². The van der Waals surface area contributed by atoms with Crippen molar-refractivity contribution in [1.29, 1.82) is 0 Å². The number of unbranched alkanes of at least 4 members (excludes halogenated alkanes) is 8. The van der Waals surface area contributed by atoms with Crippen LogP contribution in [0.15, 0.2) is 0 Å². The van der Waals surface area contributed by atoms with E-state index in [9.17, 15) is 0 Å². The molecule has 0 rings (SSSR count). The van der Waals surface area contributed by atoms with Gasteiger partial charge in [-0.05, 0) is 6.42 Å². The van der Waals surface area contributed by atoms with Crippen molar-refractivity contribution in [3.05, 3.63) is 0 Å². The average molecular weight is 313 g/mol. The molecule has 0 aromatic rings. The minimum absolute atomic E-state index is 0. The predicted molar refractivity (Wildman–Crippen MR) is 54.3 cm³/mol. The molecule has 0 aromatic carbocycles. The van der Waals surface area contributed by atoms with Crippen molar-refractivity contribution in [2.75, 3.05) is 6.61 Å². The van der Waals surface area contributed by atoms with Crippen LogP contribution in [0.5, 0.6) is 0 Å². The van der Waals surface area contributed by atoms with Gasteiger partial charge in [0.1, 0.15) is 0 Å². The smallest absolute Gasteiger partial charge is 0.0431 e. The minimum atomic E-state index is 0. The number of hydrogen-bond acceptors (Lipinski definition) is 1. The van der Waals surface area contributed by atoms with E-state index >= 15 is 0 Å². The van der Waals surface area contributed by atoms with Crippen LogP contribution in [0, 0.1) is 41.3 Å². The summed E-state index contributed by atoms with van der Waals surface area (Å²) in [6, 6.07) is 0. The summed E-state index contributed by atoms with van der Waals surface area (Å²) in [5.41, 5.74) is 0. The molecular formula is C11H24OPr. The molecule has 1 radical (unpaired) electrons. The topological polar surface area (TPSA) is 20.2 Å². The van der Waals surface area contributed by atoms with Crippen LogP contribution in [0.2, 0.25) is 0 Å². The zero-order valence-corrected chi connectivity index (χ0v) is 12.8. The van der Waals surface area contributed by atoms with Crippen molar-refractivity contribution in [3.8, 4) is 0 Å². The quantitative estimate of drug-likeness (QED) is 0.646. The Hall–Kier alpha value is 1.32. The molecule has 0 saturated heterocycles. The van der Waals surface area contributed by atoms with E-state index in [2.05, 4.69) is 6.92 Å². The van der Waals surface area contributed by atoms with Crippen molar-refractivity contribution in [2.24, 2.45) is 0 Å². The zero-order chi connectivity index (χ0) is 9.07. The second kappa shape index (κ2) is 15.8. The number of aliphatic hydroxyl groups is 1. The van der Waals surface area contributed by atoms with Crippen LogP contribution >= 0.6 is 0 Å². The van der Waals surface area contributed by atoms with Gasteiger partial charge in [-0.1, -0.05) is 58.3 Å². The molecule has 0 aliphatic heterocycles. The van der Waals surface area contributed by atoms with Gasteiger partial charge in [-0.2, -0.15) is 0 Å². The molecular weight excluding hydrogens is 289 g/mol. The largest absolute Gasteiger partial charge is 0.396 e. The van der Waals surface area contributed by atoms with Crippen LogP contribution in [0.1, 0.15) is 64.7 Å². The Morgan fingerprint density at radius 2 is 1.08 bits per heavy atom. The fraction of sp³-hybridized carbons (Fsp3) is 1.00. The first-order valence-corrected chi connectivity index (χ1v) is 5.52. The van der Waals surface area contributed by atoms with Gasteiger partial charge in [0.25, 0.3) is 0 Å². The van der Waals surface area contributed by atoms with Gasteiger partial charge in [-0.25, -0.2) is 0 Å². The number of hydrogen-bond donors (Lipinski definition) is 1. The van der Waals surface area contributed by atoms with Crippen molar-refractivity contribution >= 4 is 0 Å². The van der Waals surface area contributed by atoms with Gasteiger partial charge in [-0.3, -0.25) is 0 Å². The van der Waals surface area contributed by atoms with Gasteiger partial charge >= 0.3 is 0 Å². The number of aliphatic hydroxyl groups excluding tert-OH is 1. The molecule has 1 nitrogen and oxygen atoms in total. The summed E-state index contributed by atoms with van der Waals surface area (Å²) < 4.78 is 0. The molecule has 0 atom stereocenters. The maximum absolute atomic E-state index is 8.54. The molecule has 0 bridgehead atoms. The molecule has 0 aromatic heterocycles. The summed E-state index contributed by atoms with van der Waals surface area (Å²) in [6.45, 7) is 2.62. The van der Waals surface area contributed by atoms with E-state index in [0.29, 0.717) is 6.61 Å². The predicted octanol–water partition coefficient (Wildman–Crippen LogP) is 3.51. The molecule has 1 N–H and O–H groups in total. The van der Waals surface area contributed by atoms with Gasteiger partial charge in [0, 0.05) is 47.9 Å². The molecule has 0 aliphatic carbocycles. The van der Waals surface area contributed by atoms with Crippen molar-refractivity contribution in [3.63, 3.8) is 0 Å². The van der Waals surface area contributed by atoms with Crippen LogP contribution in [0.3, 0.4) is 0 Å². The normalized spacial score (nSPS) is 9.69. The van der Waals surface area contributed by atoms with E-state index in [1.807, 2.05) is 0 Å². The molecule has 0 fully saturated rings. The van der Waals surface area contributed by atoms with Crippen molar-refractivity contribution in [1.82, 2.24) is 0 Å². The summed E-state index contributed by atoms with van der Waals surface area (Å²) in [5, 5.41) is 8.54. The van der Waals surface area contributed by atoms with Crippen molar-refractivity contribution in [2.45, 2.75) is 64.7 Å². The van der Waals surface area contributed by atoms with E-state index in [4.69, 9.17) is 5.11 Å². The zero-order valence-electron chi connectivity index (χ0n) is 9.10. The van der Waals surface area contributed by atoms with E-state index in [0.717, 1.165) is 6.42 Å². The second-order valence-electron chi connectivity index (χ2n) is 3.55. The van der Waals surface area contributed by atoms with Crippen LogP contribution in [-0.4, -0.2) is 11.7 Å². The first-order chi connectivity index (χ1) is 5.91. The standard InChI is InChI=1S/C11H24O.Pr/c1-2-3-4-5-6-7-8-9-10-11-12;/h12H,2-11H2,1H3;. The third-order valence-electron chi connectivity index (χ3n) is 2.26. The maximum atomic E-state index is 8.54. The maximum Gasteiger partial charge on any atom is 0.0431 e. The fourth-order valence-corrected chi connectivity index (χ4v) is 1.42. The first-order valence-electron chi connectivity index (χ1n) is 5.52. The summed E-state index contributed by atoms with van der Waals surface area (Å²) >= 11 is 0. The Kier molecular flexibility index (Phi) is 20.3. The molecule has 0 aliphatic rings. The second-order valence-corrected chi connectivity index (χ2v) is 3.55. The summed E-state index contributed by atoms with van der Waals surface area (Å²) in [7, 11) is 0. The van der Waals surface area contributed by atoms with Crippen LogP contribution in [0.25, 0.3) is 0 Å². The van der Waals surface area contributed by atoms with Gasteiger partial charge < -0.3 is 5.11 Å². The Labute approximate surface area is 117 Å². The Balaban J connectivity index is 0. The Morgan fingerprint density at radius 3 is 1.46 bits per heavy atom. The SMILES string of the molecule is CCCCCCCCCCCO.[Pr]. The molecule has 2 heteroatoms. The number of rotatable bonds is 9. The molecule has 77 valence electrons. The molecule has 0 unspecified atom stereocenters. The average Bonchev–Trinajstić information content (AvgIpc) is 2.10. The van der Waals surface area contributed by atoms with Gasteiger partial charge in [-0.15, -0.1) is 0 Å². The minimum Gasteiger partial charge on any atom is -0.396 e. The molecule has 0 saturated carbocycles. The van der Waals surface area contributed by atoms with Crippen molar-refractivity contribution < 1.29 is 46.4 Å². The summed E-state index contributed by atoms with van der Waals surface area (Å²) in [4.78, 5) is 0. The third kappa shape index (κ3) is 16.0. The Morgan fingerprint density at radius 1 is 0.692 bits per heavy atom. The Bertz CT molecular complexity index is 66.5. The molecule has 0 spiro atoms. The third-order valence-corrected chi connectivity index (χ3v) is 2.26. The van der Waals surface area contributed by atoms with Crippen LogP contribution in [0.4, 0.5) is 0 Å². The monoisotopic (exact) mass is 313 g/mol. The van der Waals surface area contributed by atoms with Gasteiger partial charge in [0.15, 0.2) is 0 Å². The summed E-state index contributed by atoms with van der Waals surface area (Å²) in [5.74, 6) is 0. The van der Waals surface area contributed by atoms with Gasteiger partial charge in [0.2, 0.25) is 0 Å². The molecule has 0 heterocycles. The van der Waals surface area contributed by atoms with E-state index in [1.165, 1.54) is 51.4 Å². The molecule has 13 heavy (non-hydrogen) atoms. The van der Waals surface area contributed by atoms with E-state index in [-0.39, 0.29) is 41.3 Å². The molecule has 0 amide bonds. The summed E-state index contributed by atoms with van der Waals surface area (Å²) in [6.07, 6.45) is 11.8. The van der Waals surface area contributed by atoms with Crippen LogP contribution < -0.4 is 0 Å². The fourth-order valence-electron chi connectivity index (χ4n) is 1.42.